The fourth-order valence-corrected chi connectivity index (χ4v) is 14.5. The number of sulfonamides is 1. The Balaban J connectivity index is 1.16. The molecule has 1 aromatic rings. The van der Waals surface area contributed by atoms with Gasteiger partial charge in [0.1, 0.15) is 6.04 Å². The van der Waals surface area contributed by atoms with Crippen molar-refractivity contribution in [3.63, 3.8) is 0 Å². The molecule has 1 aromatic carbocycles. The third kappa shape index (κ3) is 4.76. The van der Waals surface area contributed by atoms with Crippen molar-refractivity contribution >= 4 is 27.5 Å². The zero-order valence-corrected chi connectivity index (χ0v) is 30.2. The minimum atomic E-state index is -3.41. The number of benzene rings is 1. The number of nitrogens with zero attached hydrogens (tertiary/aromatic N) is 1. The van der Waals surface area contributed by atoms with Crippen LogP contribution < -0.4 is 5.32 Å². The predicted octanol–water partition coefficient (Wildman–Crippen LogP) is 7.53. The maximum Gasteiger partial charge on any atom is 0.335 e. The van der Waals surface area contributed by atoms with E-state index in [0.717, 1.165) is 50.5 Å². The minimum Gasteiger partial charge on any atom is -0.478 e. The molecule has 0 radical (unpaired) electrons. The highest BCUT2D eigenvalue weighted by Gasteiger charge is 2.69. The Hall–Kier alpha value is -2.19. The van der Waals surface area contributed by atoms with Crippen LogP contribution in [-0.2, 0) is 14.8 Å². The zero-order valence-electron chi connectivity index (χ0n) is 29.4. The van der Waals surface area contributed by atoms with Crippen LogP contribution in [-0.4, -0.2) is 54.1 Å². The molecule has 0 aromatic heterocycles. The third-order valence-electron chi connectivity index (χ3n) is 15.7. The fraction of sp³-hybridized carbons (Fsp3) is 0.744. The van der Waals surface area contributed by atoms with Crippen LogP contribution in [0.15, 0.2) is 30.3 Å². The minimum absolute atomic E-state index is 0.0195. The lowest BCUT2D eigenvalue weighted by atomic mass is 9.33. The molecule has 258 valence electrons. The Morgan fingerprint density at radius 2 is 1.55 bits per heavy atom. The highest BCUT2D eigenvalue weighted by atomic mass is 32.2. The Labute approximate surface area is 282 Å². The number of hydrogen-bond donors (Lipinski definition) is 2. The second-order valence-electron chi connectivity index (χ2n) is 17.8. The molecule has 1 saturated heterocycles. The Morgan fingerprint density at radius 3 is 2.23 bits per heavy atom. The molecule has 6 aliphatic rings. The lowest BCUT2D eigenvalue weighted by Gasteiger charge is -2.72. The van der Waals surface area contributed by atoms with Crippen molar-refractivity contribution in [3.8, 4) is 0 Å². The average molecular weight is 665 g/mol. The number of nitrogens with one attached hydrogen (secondary N) is 1. The molecule has 9 atom stereocenters. The summed E-state index contributed by atoms with van der Waals surface area (Å²) in [6, 6.07) is 6.91. The summed E-state index contributed by atoms with van der Waals surface area (Å²) in [6.45, 7) is 13.1. The number of amides is 1. The first-order valence-electron chi connectivity index (χ1n) is 18.3. The second kappa shape index (κ2) is 10.9. The fourth-order valence-electron chi connectivity index (χ4n) is 13.4. The van der Waals surface area contributed by atoms with Crippen LogP contribution in [0.1, 0.15) is 128 Å². The zero-order chi connectivity index (χ0) is 33.8. The van der Waals surface area contributed by atoms with Crippen LogP contribution in [0.5, 0.6) is 0 Å². The van der Waals surface area contributed by atoms with Gasteiger partial charge in [-0.3, -0.25) is 4.79 Å². The van der Waals surface area contributed by atoms with Crippen LogP contribution in [0, 0.1) is 45.3 Å². The number of carboxylic acids is 1. The van der Waals surface area contributed by atoms with Gasteiger partial charge in [-0.15, -0.1) is 0 Å². The van der Waals surface area contributed by atoms with Gasteiger partial charge in [0.25, 0.3) is 0 Å². The van der Waals surface area contributed by atoms with Crippen molar-refractivity contribution < 1.29 is 23.1 Å². The van der Waals surface area contributed by atoms with Gasteiger partial charge < -0.3 is 10.4 Å². The molecule has 0 spiro atoms. The number of rotatable bonds is 5. The number of aromatic carboxylic acids is 1. The summed E-state index contributed by atoms with van der Waals surface area (Å²) < 4.78 is 26.4. The molecule has 4 saturated carbocycles. The maximum atomic E-state index is 13.8. The number of allylic oxidation sites excluding steroid dienone is 2. The Morgan fingerprint density at radius 1 is 0.830 bits per heavy atom. The first-order chi connectivity index (χ1) is 22.0. The van der Waals surface area contributed by atoms with Gasteiger partial charge in [0.2, 0.25) is 15.9 Å². The van der Waals surface area contributed by atoms with Gasteiger partial charge in [0, 0.05) is 12.1 Å². The van der Waals surface area contributed by atoms with E-state index in [2.05, 4.69) is 46.0 Å². The monoisotopic (exact) mass is 664 g/mol. The molecule has 1 amide bonds. The number of carboxylic acid groups (broad SMARTS) is 1. The first kappa shape index (κ1) is 33.3. The van der Waals surface area contributed by atoms with E-state index in [0.29, 0.717) is 42.2 Å². The van der Waals surface area contributed by atoms with Crippen molar-refractivity contribution in [2.75, 3.05) is 12.8 Å². The van der Waals surface area contributed by atoms with E-state index in [1.54, 1.807) is 12.1 Å². The molecule has 7 rings (SSSR count). The summed E-state index contributed by atoms with van der Waals surface area (Å²) in [5.41, 5.74) is 3.20. The molecule has 0 bridgehead atoms. The standard InChI is InChI=1S/C39H56N2O5S/c1-35(2)27(25-11-13-26(14-12-25)34(43)44)17-20-36(3)31(35)18-21-38(5)32(36)16-15-28-29-9-7-19-39(29,23-22-37(28,38)4)40-33(42)30-10-8-24-41(30)47(6,45)46/h11-14,17,28-32H,7-10,15-16,18-24H2,1-6H3,(H,40,42)(H,43,44)/t28-,29?,30?,31?,32?,36+,37-,38-,39+/m1/s1. The van der Waals surface area contributed by atoms with Crippen molar-refractivity contribution in [2.45, 2.75) is 123 Å². The maximum absolute atomic E-state index is 13.8. The normalized spacial score (nSPS) is 42.8. The van der Waals surface area contributed by atoms with Gasteiger partial charge in [-0.25, -0.2) is 13.2 Å². The van der Waals surface area contributed by atoms with Crippen LogP contribution in [0.25, 0.3) is 5.57 Å². The van der Waals surface area contributed by atoms with Gasteiger partial charge in [0.05, 0.1) is 11.8 Å². The molecule has 8 heteroatoms. The smallest absolute Gasteiger partial charge is 0.335 e. The van der Waals surface area contributed by atoms with E-state index in [1.165, 1.54) is 41.8 Å². The van der Waals surface area contributed by atoms with Crippen LogP contribution in [0.2, 0.25) is 0 Å². The summed E-state index contributed by atoms with van der Waals surface area (Å²) in [5.74, 6) is 1.22. The third-order valence-corrected chi connectivity index (χ3v) is 17.0. The quantitative estimate of drug-likeness (QED) is 0.339. The SMILES string of the molecule is CC1(C)C(c2ccc(C(=O)O)cc2)=CC[C@@]2(C)C1CC[C@]1(C)C2CC[C@@H]2C3CCC[C@]3(NC(=O)C3CCCN3S(C)(=O)=O)CC[C@]21C. The molecule has 4 unspecified atom stereocenters. The van der Waals surface area contributed by atoms with Gasteiger partial charge in [0.15, 0.2) is 0 Å². The molecule has 5 aliphatic carbocycles. The number of carbonyl (C=O) groups is 2. The highest BCUT2D eigenvalue weighted by molar-refractivity contribution is 7.88. The van der Waals surface area contributed by atoms with Crippen molar-refractivity contribution in [1.29, 1.82) is 0 Å². The van der Waals surface area contributed by atoms with Crippen molar-refractivity contribution in [2.24, 2.45) is 45.3 Å². The molecular formula is C39H56N2O5S. The lowest BCUT2D eigenvalue weighted by Crippen LogP contribution is -2.68. The summed E-state index contributed by atoms with van der Waals surface area (Å²) in [5, 5.41) is 13.0. The first-order valence-corrected chi connectivity index (χ1v) is 20.2. The van der Waals surface area contributed by atoms with E-state index in [1.807, 2.05) is 12.1 Å². The van der Waals surface area contributed by atoms with Gasteiger partial charge in [-0.1, -0.05) is 59.2 Å². The number of carbonyl (C=O) groups excluding carboxylic acids is 1. The van der Waals surface area contributed by atoms with E-state index in [-0.39, 0.29) is 33.1 Å². The molecule has 47 heavy (non-hydrogen) atoms. The van der Waals surface area contributed by atoms with E-state index >= 15 is 0 Å². The summed E-state index contributed by atoms with van der Waals surface area (Å²) in [7, 11) is -3.41. The average Bonchev–Trinajstić information content (AvgIpc) is 3.66. The van der Waals surface area contributed by atoms with Gasteiger partial charge in [-0.2, -0.15) is 4.31 Å². The van der Waals surface area contributed by atoms with E-state index in [9.17, 15) is 23.1 Å². The molecule has 7 nitrogen and oxygen atoms in total. The second-order valence-corrected chi connectivity index (χ2v) is 19.7. The van der Waals surface area contributed by atoms with Crippen molar-refractivity contribution in [1.82, 2.24) is 9.62 Å². The number of fused-ring (bicyclic) bond motifs is 7. The summed E-state index contributed by atoms with van der Waals surface area (Å²) >= 11 is 0. The summed E-state index contributed by atoms with van der Waals surface area (Å²) in [4.78, 5) is 25.3. The molecule has 2 N–H and O–H groups in total. The Kier molecular flexibility index (Phi) is 7.73. The van der Waals surface area contributed by atoms with E-state index < -0.39 is 22.0 Å². The lowest BCUT2D eigenvalue weighted by molar-refractivity contribution is -0.217. The Bertz CT molecular complexity index is 1600. The van der Waals surface area contributed by atoms with Crippen LogP contribution in [0.4, 0.5) is 0 Å². The van der Waals surface area contributed by atoms with Crippen molar-refractivity contribution in [3.05, 3.63) is 41.5 Å². The van der Waals surface area contributed by atoms with Crippen LogP contribution >= 0.6 is 0 Å². The van der Waals surface area contributed by atoms with Gasteiger partial charge in [-0.05, 0) is 139 Å². The van der Waals surface area contributed by atoms with Crippen LogP contribution in [0.3, 0.4) is 0 Å². The molecule has 5 fully saturated rings. The summed E-state index contributed by atoms with van der Waals surface area (Å²) in [6.07, 6.45) is 16.4. The molecular weight excluding hydrogens is 609 g/mol. The highest BCUT2D eigenvalue weighted by Crippen LogP contribution is 2.76. The topological polar surface area (TPSA) is 104 Å². The predicted molar refractivity (Wildman–Crippen MR) is 185 cm³/mol. The largest absolute Gasteiger partial charge is 0.478 e. The van der Waals surface area contributed by atoms with Gasteiger partial charge >= 0.3 is 5.97 Å². The number of hydrogen-bond acceptors (Lipinski definition) is 4. The molecule has 1 aliphatic heterocycles. The molecule has 1 heterocycles. The van der Waals surface area contributed by atoms with E-state index in [4.69, 9.17) is 0 Å².